The number of ether oxygens (including phenoxy) is 2. The van der Waals surface area contributed by atoms with Gasteiger partial charge in [0.05, 0.1) is 12.7 Å². The fraction of sp³-hybridized carbons (Fsp3) is 0.500. The van der Waals surface area contributed by atoms with Gasteiger partial charge in [-0.25, -0.2) is 0 Å². The maximum absolute atomic E-state index is 9.63. The maximum Gasteiger partial charge on any atom is 0.202 e. The van der Waals surface area contributed by atoms with Gasteiger partial charge >= 0.3 is 0 Å². The Bertz CT molecular complexity index is 383. The molecule has 100 valence electrons. The van der Waals surface area contributed by atoms with Gasteiger partial charge in [-0.15, -0.1) is 0 Å². The molecule has 0 spiro atoms. The lowest BCUT2D eigenvalue weighted by atomic mass is 10.0. The Morgan fingerprint density at radius 1 is 1.28 bits per heavy atom. The minimum Gasteiger partial charge on any atom is -0.465 e. The molecule has 6 heteroatoms. The molecule has 1 saturated heterocycles. The molecule has 5 N–H and O–H groups in total. The molecule has 1 aliphatic rings. The summed E-state index contributed by atoms with van der Waals surface area (Å²) in [6.45, 7) is -0.375. The molecule has 2 rings (SSSR count). The van der Waals surface area contributed by atoms with Crippen LogP contribution in [0.1, 0.15) is 6.42 Å². The van der Waals surface area contributed by atoms with Gasteiger partial charge in [-0.1, -0.05) is 0 Å². The lowest BCUT2D eigenvalue weighted by molar-refractivity contribution is -0.229. The number of hydrogen-bond acceptors (Lipinski definition) is 6. The molecule has 0 bridgehead atoms. The third-order valence-electron chi connectivity index (χ3n) is 2.86. The first-order valence-corrected chi connectivity index (χ1v) is 5.75. The number of rotatable bonds is 3. The summed E-state index contributed by atoms with van der Waals surface area (Å²) in [4.78, 5) is 0. The average molecular weight is 255 g/mol. The fourth-order valence-corrected chi connectivity index (χ4v) is 1.84. The summed E-state index contributed by atoms with van der Waals surface area (Å²) in [6, 6.07) is 6.74. The Labute approximate surface area is 105 Å². The van der Waals surface area contributed by atoms with Gasteiger partial charge in [-0.2, -0.15) is 0 Å². The summed E-state index contributed by atoms with van der Waals surface area (Å²) in [7, 11) is 0. The van der Waals surface area contributed by atoms with Gasteiger partial charge in [0.2, 0.25) is 6.29 Å². The van der Waals surface area contributed by atoms with E-state index in [0.717, 1.165) is 0 Å². The fourth-order valence-electron chi connectivity index (χ4n) is 1.84. The van der Waals surface area contributed by atoms with E-state index in [1.807, 2.05) is 0 Å². The molecule has 1 aromatic carbocycles. The van der Waals surface area contributed by atoms with Gasteiger partial charge in [0, 0.05) is 12.1 Å². The van der Waals surface area contributed by atoms with Crippen molar-refractivity contribution in [1.29, 1.82) is 0 Å². The molecule has 4 atom stereocenters. The van der Waals surface area contributed by atoms with Crippen LogP contribution in [0.3, 0.4) is 0 Å². The predicted molar refractivity (Wildman–Crippen MR) is 63.9 cm³/mol. The molecule has 1 heterocycles. The SMILES string of the molecule is Nc1ccc(OC2CC(O)C(O)C(CO)O2)cc1. The first-order chi connectivity index (χ1) is 8.60. The van der Waals surface area contributed by atoms with Crippen molar-refractivity contribution in [3.8, 4) is 5.75 Å². The summed E-state index contributed by atoms with van der Waals surface area (Å²) in [5.74, 6) is 0.550. The summed E-state index contributed by atoms with van der Waals surface area (Å²) >= 11 is 0. The zero-order valence-corrected chi connectivity index (χ0v) is 9.77. The lowest BCUT2D eigenvalue weighted by Gasteiger charge is -2.36. The third-order valence-corrected chi connectivity index (χ3v) is 2.86. The van der Waals surface area contributed by atoms with Crippen molar-refractivity contribution in [2.45, 2.75) is 31.0 Å². The van der Waals surface area contributed by atoms with Gasteiger partial charge in [0.1, 0.15) is 18.0 Å². The second-order valence-electron chi connectivity index (χ2n) is 4.27. The van der Waals surface area contributed by atoms with Gasteiger partial charge in [0.15, 0.2) is 0 Å². The van der Waals surface area contributed by atoms with Crippen LogP contribution in [0.4, 0.5) is 5.69 Å². The normalized spacial score (nSPS) is 32.2. The van der Waals surface area contributed by atoms with Crippen LogP contribution in [0.5, 0.6) is 5.75 Å². The van der Waals surface area contributed by atoms with E-state index in [1.165, 1.54) is 0 Å². The molecule has 4 unspecified atom stereocenters. The summed E-state index contributed by atoms with van der Waals surface area (Å²) in [6.07, 6.45) is -3.48. The van der Waals surface area contributed by atoms with E-state index in [-0.39, 0.29) is 13.0 Å². The predicted octanol–water partition coefficient (Wildman–Crippen LogP) is -0.523. The van der Waals surface area contributed by atoms with Crippen molar-refractivity contribution < 1.29 is 24.8 Å². The second kappa shape index (κ2) is 5.53. The number of benzene rings is 1. The molecule has 6 nitrogen and oxygen atoms in total. The third kappa shape index (κ3) is 2.91. The Balaban J connectivity index is 1.99. The van der Waals surface area contributed by atoms with Crippen LogP contribution in [-0.2, 0) is 4.74 Å². The number of aliphatic hydroxyl groups is 3. The molecule has 0 aromatic heterocycles. The largest absolute Gasteiger partial charge is 0.465 e. The zero-order chi connectivity index (χ0) is 13.1. The molecule has 0 aliphatic carbocycles. The zero-order valence-electron chi connectivity index (χ0n) is 9.77. The maximum atomic E-state index is 9.63. The molecular weight excluding hydrogens is 238 g/mol. The van der Waals surface area contributed by atoms with Gasteiger partial charge in [-0.05, 0) is 24.3 Å². The number of nitrogen functional groups attached to an aromatic ring is 1. The smallest absolute Gasteiger partial charge is 0.202 e. The topological polar surface area (TPSA) is 105 Å². The summed E-state index contributed by atoms with van der Waals surface area (Å²) < 4.78 is 10.8. The molecule has 0 amide bonds. The van der Waals surface area contributed by atoms with Gasteiger partial charge < -0.3 is 30.5 Å². The highest BCUT2D eigenvalue weighted by molar-refractivity contribution is 5.41. The number of anilines is 1. The minimum absolute atomic E-state index is 0.141. The van der Waals surface area contributed by atoms with Crippen LogP contribution < -0.4 is 10.5 Å². The van der Waals surface area contributed by atoms with Crippen LogP contribution in [0.2, 0.25) is 0 Å². The van der Waals surface area contributed by atoms with Crippen molar-refractivity contribution in [1.82, 2.24) is 0 Å². The van der Waals surface area contributed by atoms with E-state index >= 15 is 0 Å². The van der Waals surface area contributed by atoms with E-state index in [2.05, 4.69) is 0 Å². The van der Waals surface area contributed by atoms with E-state index in [9.17, 15) is 10.2 Å². The first kappa shape index (κ1) is 13.1. The number of nitrogens with two attached hydrogens (primary N) is 1. The summed E-state index contributed by atoms with van der Waals surface area (Å²) in [5, 5.41) is 28.2. The second-order valence-corrected chi connectivity index (χ2v) is 4.27. The number of hydrogen-bond donors (Lipinski definition) is 4. The molecular formula is C12H17NO5. The Hall–Kier alpha value is -1.34. The monoisotopic (exact) mass is 255 g/mol. The highest BCUT2D eigenvalue weighted by atomic mass is 16.7. The average Bonchev–Trinajstić information content (AvgIpc) is 2.36. The highest BCUT2D eigenvalue weighted by Crippen LogP contribution is 2.24. The molecule has 0 radical (unpaired) electrons. The summed E-state index contributed by atoms with van der Waals surface area (Å²) in [5.41, 5.74) is 6.17. The molecule has 1 aliphatic heterocycles. The van der Waals surface area contributed by atoms with Crippen molar-refractivity contribution in [2.75, 3.05) is 12.3 Å². The molecule has 1 aromatic rings. The van der Waals surface area contributed by atoms with Crippen molar-refractivity contribution >= 4 is 5.69 Å². The van der Waals surface area contributed by atoms with Crippen LogP contribution in [0.25, 0.3) is 0 Å². The van der Waals surface area contributed by atoms with E-state index in [0.29, 0.717) is 11.4 Å². The lowest BCUT2D eigenvalue weighted by Crippen LogP contribution is -2.51. The quantitative estimate of drug-likeness (QED) is 0.541. The van der Waals surface area contributed by atoms with Crippen LogP contribution >= 0.6 is 0 Å². The Morgan fingerprint density at radius 2 is 1.94 bits per heavy atom. The van der Waals surface area contributed by atoms with Crippen molar-refractivity contribution in [3.05, 3.63) is 24.3 Å². The van der Waals surface area contributed by atoms with Crippen LogP contribution in [0.15, 0.2) is 24.3 Å². The minimum atomic E-state index is -1.10. The van der Waals surface area contributed by atoms with Crippen molar-refractivity contribution in [2.24, 2.45) is 0 Å². The van der Waals surface area contributed by atoms with Gasteiger partial charge in [-0.3, -0.25) is 0 Å². The first-order valence-electron chi connectivity index (χ1n) is 5.75. The van der Waals surface area contributed by atoms with Gasteiger partial charge in [0.25, 0.3) is 0 Å². The van der Waals surface area contributed by atoms with Crippen molar-refractivity contribution in [3.63, 3.8) is 0 Å². The Kier molecular flexibility index (Phi) is 4.03. The standard InChI is InChI=1S/C12H17NO5/c13-7-1-3-8(4-2-7)17-11-5-9(15)12(16)10(6-14)18-11/h1-4,9-12,14-16H,5-6,13H2. The van der Waals surface area contributed by atoms with E-state index in [4.69, 9.17) is 20.3 Å². The van der Waals surface area contributed by atoms with Crippen LogP contribution in [0, 0.1) is 0 Å². The number of aliphatic hydroxyl groups excluding tert-OH is 3. The highest BCUT2D eigenvalue weighted by Gasteiger charge is 2.37. The molecule has 0 saturated carbocycles. The Morgan fingerprint density at radius 3 is 2.56 bits per heavy atom. The van der Waals surface area contributed by atoms with E-state index < -0.39 is 24.6 Å². The molecule has 18 heavy (non-hydrogen) atoms. The molecule has 1 fully saturated rings. The van der Waals surface area contributed by atoms with E-state index in [1.54, 1.807) is 24.3 Å². The van der Waals surface area contributed by atoms with Crippen LogP contribution in [-0.4, -0.2) is 46.5 Å².